The average Bonchev–Trinajstić information content (AvgIpc) is 2.56. The van der Waals surface area contributed by atoms with E-state index in [9.17, 15) is 0 Å². The van der Waals surface area contributed by atoms with Gasteiger partial charge in [0.15, 0.2) is 0 Å². The van der Waals surface area contributed by atoms with E-state index in [0.717, 1.165) is 17.7 Å². The SMILES string of the molecule is CC(C)c1nc(Br)c2n1CCCC2CN. The van der Waals surface area contributed by atoms with Crippen LogP contribution >= 0.6 is 15.9 Å². The van der Waals surface area contributed by atoms with Gasteiger partial charge in [-0.2, -0.15) is 0 Å². The molecule has 1 aromatic rings. The number of nitrogens with two attached hydrogens (primary N) is 1. The number of hydrogen-bond donors (Lipinski definition) is 1. The van der Waals surface area contributed by atoms with Crippen molar-refractivity contribution < 1.29 is 0 Å². The van der Waals surface area contributed by atoms with Crippen LogP contribution in [-0.2, 0) is 6.54 Å². The molecule has 1 aromatic heterocycles. The zero-order chi connectivity index (χ0) is 11.0. The summed E-state index contributed by atoms with van der Waals surface area (Å²) in [6.07, 6.45) is 2.41. The molecule has 0 aromatic carbocycles. The number of fused-ring (bicyclic) bond motifs is 1. The number of halogens is 1. The van der Waals surface area contributed by atoms with Gasteiger partial charge in [-0.05, 0) is 28.8 Å². The van der Waals surface area contributed by atoms with Crippen LogP contribution in [0.15, 0.2) is 4.60 Å². The Morgan fingerprint density at radius 2 is 2.33 bits per heavy atom. The van der Waals surface area contributed by atoms with Crippen molar-refractivity contribution in [1.82, 2.24) is 9.55 Å². The van der Waals surface area contributed by atoms with Gasteiger partial charge in [0, 0.05) is 24.9 Å². The van der Waals surface area contributed by atoms with Crippen LogP contribution in [0.4, 0.5) is 0 Å². The highest BCUT2D eigenvalue weighted by atomic mass is 79.9. The Balaban J connectivity index is 2.48. The second-order valence-corrected chi connectivity index (χ2v) is 5.28. The molecular formula is C11H18BrN3. The van der Waals surface area contributed by atoms with E-state index in [0.29, 0.717) is 11.8 Å². The molecule has 1 aliphatic rings. The number of imidazole rings is 1. The van der Waals surface area contributed by atoms with Crippen LogP contribution in [0.1, 0.15) is 50.0 Å². The van der Waals surface area contributed by atoms with Crippen molar-refractivity contribution >= 4 is 15.9 Å². The number of aromatic nitrogens is 2. The predicted octanol–water partition coefficient (Wildman–Crippen LogP) is 2.61. The van der Waals surface area contributed by atoms with Crippen LogP contribution in [0.2, 0.25) is 0 Å². The van der Waals surface area contributed by atoms with Gasteiger partial charge in [0.25, 0.3) is 0 Å². The molecule has 2 heterocycles. The lowest BCUT2D eigenvalue weighted by Crippen LogP contribution is -2.23. The topological polar surface area (TPSA) is 43.8 Å². The summed E-state index contributed by atoms with van der Waals surface area (Å²) in [4.78, 5) is 4.61. The molecule has 0 saturated carbocycles. The number of hydrogen-bond acceptors (Lipinski definition) is 2. The Hall–Kier alpha value is -0.350. The molecule has 2 N–H and O–H groups in total. The third-order valence-corrected chi connectivity index (χ3v) is 3.70. The molecule has 3 nitrogen and oxygen atoms in total. The predicted molar refractivity (Wildman–Crippen MR) is 65.0 cm³/mol. The summed E-state index contributed by atoms with van der Waals surface area (Å²) in [5.41, 5.74) is 7.12. The van der Waals surface area contributed by atoms with Gasteiger partial charge in [-0.15, -0.1) is 0 Å². The minimum absolute atomic E-state index is 0.478. The van der Waals surface area contributed by atoms with Gasteiger partial charge >= 0.3 is 0 Å². The Labute approximate surface area is 99.2 Å². The molecule has 0 radical (unpaired) electrons. The van der Waals surface area contributed by atoms with Crippen molar-refractivity contribution in [2.75, 3.05) is 6.54 Å². The fraction of sp³-hybridized carbons (Fsp3) is 0.727. The van der Waals surface area contributed by atoms with E-state index in [2.05, 4.69) is 39.3 Å². The van der Waals surface area contributed by atoms with Gasteiger partial charge in [-0.1, -0.05) is 13.8 Å². The Bertz CT molecular complexity index is 357. The summed E-state index contributed by atoms with van der Waals surface area (Å²) in [6, 6.07) is 0. The molecule has 4 heteroatoms. The van der Waals surface area contributed by atoms with Crippen LogP contribution in [0.25, 0.3) is 0 Å². The zero-order valence-corrected chi connectivity index (χ0v) is 10.9. The van der Waals surface area contributed by atoms with E-state index < -0.39 is 0 Å². The normalized spacial score (nSPS) is 20.7. The summed E-state index contributed by atoms with van der Waals surface area (Å²) in [7, 11) is 0. The molecule has 0 spiro atoms. The molecule has 0 amide bonds. The van der Waals surface area contributed by atoms with Crippen LogP contribution in [0.3, 0.4) is 0 Å². The van der Waals surface area contributed by atoms with Crippen molar-refractivity contribution in [2.45, 2.75) is 45.1 Å². The molecule has 1 aliphatic heterocycles. The fourth-order valence-electron chi connectivity index (χ4n) is 2.38. The summed E-state index contributed by atoms with van der Waals surface area (Å²) < 4.78 is 3.36. The molecule has 1 atom stereocenters. The highest BCUT2D eigenvalue weighted by Crippen LogP contribution is 2.34. The molecule has 0 fully saturated rings. The highest BCUT2D eigenvalue weighted by Gasteiger charge is 2.26. The van der Waals surface area contributed by atoms with Crippen molar-refractivity contribution in [3.63, 3.8) is 0 Å². The van der Waals surface area contributed by atoms with Gasteiger partial charge in [0.05, 0.1) is 5.69 Å². The first kappa shape index (κ1) is 11.1. The standard InChI is InChI=1S/C11H18BrN3/c1-7(2)11-14-10(12)9-8(6-13)4-3-5-15(9)11/h7-8H,3-6,13H2,1-2H3. The first-order chi connectivity index (χ1) is 7.15. The summed E-state index contributed by atoms with van der Waals surface area (Å²) in [6.45, 7) is 6.20. The second kappa shape index (κ2) is 4.26. The zero-order valence-electron chi connectivity index (χ0n) is 9.33. The third kappa shape index (κ3) is 1.85. The lowest BCUT2D eigenvalue weighted by Gasteiger charge is -2.25. The van der Waals surface area contributed by atoms with Gasteiger partial charge in [0.2, 0.25) is 0 Å². The second-order valence-electron chi connectivity index (χ2n) is 4.53. The maximum atomic E-state index is 5.81. The van der Waals surface area contributed by atoms with Gasteiger partial charge in [-0.25, -0.2) is 4.98 Å². The molecule has 2 rings (SSSR count). The van der Waals surface area contributed by atoms with Crippen molar-refractivity contribution in [3.8, 4) is 0 Å². The number of rotatable bonds is 2. The quantitative estimate of drug-likeness (QED) is 0.899. The summed E-state index contributed by atoms with van der Waals surface area (Å²) in [5.74, 6) is 2.15. The van der Waals surface area contributed by atoms with E-state index in [-0.39, 0.29) is 0 Å². The van der Waals surface area contributed by atoms with E-state index in [1.807, 2.05) is 0 Å². The fourth-order valence-corrected chi connectivity index (χ4v) is 3.10. The lowest BCUT2D eigenvalue weighted by molar-refractivity contribution is 0.442. The maximum absolute atomic E-state index is 5.81. The van der Waals surface area contributed by atoms with Gasteiger partial charge in [0.1, 0.15) is 10.4 Å². The molecule has 15 heavy (non-hydrogen) atoms. The first-order valence-corrected chi connectivity index (χ1v) is 6.40. The molecule has 0 saturated heterocycles. The van der Waals surface area contributed by atoms with Crippen molar-refractivity contribution in [3.05, 3.63) is 16.1 Å². The smallest absolute Gasteiger partial charge is 0.127 e. The Morgan fingerprint density at radius 1 is 1.60 bits per heavy atom. The van der Waals surface area contributed by atoms with E-state index in [4.69, 9.17) is 5.73 Å². The largest absolute Gasteiger partial charge is 0.330 e. The van der Waals surface area contributed by atoms with Crippen LogP contribution in [0, 0.1) is 0 Å². The minimum Gasteiger partial charge on any atom is -0.330 e. The van der Waals surface area contributed by atoms with Crippen molar-refractivity contribution in [1.29, 1.82) is 0 Å². The maximum Gasteiger partial charge on any atom is 0.127 e. The molecule has 84 valence electrons. The minimum atomic E-state index is 0.478. The monoisotopic (exact) mass is 271 g/mol. The number of nitrogens with zero attached hydrogens (tertiary/aromatic N) is 2. The third-order valence-electron chi connectivity index (χ3n) is 3.11. The summed E-state index contributed by atoms with van der Waals surface area (Å²) in [5, 5.41) is 0. The molecular weight excluding hydrogens is 254 g/mol. The van der Waals surface area contributed by atoms with E-state index in [1.165, 1.54) is 24.4 Å². The van der Waals surface area contributed by atoms with E-state index >= 15 is 0 Å². The first-order valence-electron chi connectivity index (χ1n) is 5.61. The molecule has 0 aliphatic carbocycles. The van der Waals surface area contributed by atoms with Crippen LogP contribution < -0.4 is 5.73 Å². The average molecular weight is 272 g/mol. The van der Waals surface area contributed by atoms with Crippen LogP contribution in [0.5, 0.6) is 0 Å². The van der Waals surface area contributed by atoms with Gasteiger partial charge in [-0.3, -0.25) is 0 Å². The Morgan fingerprint density at radius 3 is 2.93 bits per heavy atom. The van der Waals surface area contributed by atoms with Crippen LogP contribution in [-0.4, -0.2) is 16.1 Å². The van der Waals surface area contributed by atoms with E-state index in [1.54, 1.807) is 0 Å². The summed E-state index contributed by atoms with van der Waals surface area (Å²) >= 11 is 3.56. The lowest BCUT2D eigenvalue weighted by atomic mass is 9.96. The molecule has 1 unspecified atom stereocenters. The van der Waals surface area contributed by atoms with Crippen molar-refractivity contribution in [2.24, 2.45) is 5.73 Å². The highest BCUT2D eigenvalue weighted by molar-refractivity contribution is 9.10. The van der Waals surface area contributed by atoms with Gasteiger partial charge < -0.3 is 10.3 Å². The Kier molecular flexibility index (Phi) is 3.16. The molecule has 0 bridgehead atoms.